The zero-order chi connectivity index (χ0) is 14.7. The van der Waals surface area contributed by atoms with E-state index >= 15 is 0 Å². The molecule has 2 aromatic rings. The summed E-state index contributed by atoms with van der Waals surface area (Å²) in [5.41, 5.74) is 9.54. The van der Waals surface area contributed by atoms with Gasteiger partial charge in [0.1, 0.15) is 5.84 Å². The van der Waals surface area contributed by atoms with Gasteiger partial charge in [-0.2, -0.15) is 5.10 Å². The van der Waals surface area contributed by atoms with Gasteiger partial charge in [0.2, 0.25) is 0 Å². The molecule has 0 bridgehead atoms. The van der Waals surface area contributed by atoms with Gasteiger partial charge < -0.3 is 10.6 Å². The Morgan fingerprint density at radius 2 is 2.15 bits per heavy atom. The summed E-state index contributed by atoms with van der Waals surface area (Å²) in [6.07, 6.45) is 0. The first kappa shape index (κ1) is 14.1. The topological polar surface area (TPSA) is 70.9 Å². The molecule has 0 aliphatic rings. The number of nitrogen functional groups attached to an aromatic ring is 1. The quantitative estimate of drug-likeness (QED) is 0.646. The average Bonchev–Trinajstić information content (AvgIpc) is 2.78. The van der Waals surface area contributed by atoms with Crippen LogP contribution < -0.4 is 10.6 Å². The van der Waals surface area contributed by atoms with Crippen molar-refractivity contribution in [1.29, 1.82) is 5.41 Å². The van der Waals surface area contributed by atoms with E-state index in [1.807, 2.05) is 42.9 Å². The van der Waals surface area contributed by atoms with Crippen LogP contribution in [0.3, 0.4) is 0 Å². The third kappa shape index (κ3) is 2.99. The average molecular weight is 271 g/mol. The normalized spacial score (nSPS) is 10.6. The molecule has 0 saturated carbocycles. The Labute approximate surface area is 119 Å². The molecule has 20 heavy (non-hydrogen) atoms. The highest BCUT2D eigenvalue weighted by Crippen LogP contribution is 2.17. The van der Waals surface area contributed by atoms with Crippen molar-refractivity contribution in [2.75, 3.05) is 11.9 Å². The van der Waals surface area contributed by atoms with Crippen molar-refractivity contribution in [2.24, 2.45) is 5.73 Å². The van der Waals surface area contributed by atoms with Crippen molar-refractivity contribution in [1.82, 2.24) is 9.78 Å². The molecule has 106 valence electrons. The minimum atomic E-state index is 0.0923. The predicted octanol–water partition coefficient (Wildman–Crippen LogP) is 2.13. The molecule has 0 spiro atoms. The molecule has 3 N–H and O–H groups in total. The summed E-state index contributed by atoms with van der Waals surface area (Å²) in [4.78, 5) is 2.13. The highest BCUT2D eigenvalue weighted by molar-refractivity contribution is 5.95. The molecule has 0 atom stereocenters. The Kier molecular flexibility index (Phi) is 4.08. The summed E-state index contributed by atoms with van der Waals surface area (Å²) >= 11 is 0. The Morgan fingerprint density at radius 3 is 2.80 bits per heavy atom. The number of rotatable bonds is 5. The van der Waals surface area contributed by atoms with Crippen molar-refractivity contribution in [3.8, 4) is 0 Å². The van der Waals surface area contributed by atoms with Crippen molar-refractivity contribution in [3.63, 3.8) is 0 Å². The maximum Gasteiger partial charge on any atom is 0.122 e. The lowest BCUT2D eigenvalue weighted by molar-refractivity contribution is 0.613. The first-order valence-corrected chi connectivity index (χ1v) is 6.70. The van der Waals surface area contributed by atoms with Crippen LogP contribution in [0.15, 0.2) is 30.3 Å². The van der Waals surface area contributed by atoms with Gasteiger partial charge in [-0.1, -0.05) is 12.1 Å². The number of benzene rings is 1. The van der Waals surface area contributed by atoms with Crippen LogP contribution in [0.2, 0.25) is 0 Å². The standard InChI is InChI=1S/C15H21N5/c1-4-20-14(8-11(2)18-20)10-19(3)13-7-5-6-12(9-13)15(16)17/h5-9H,4,10H2,1-3H3,(H3,16,17). The number of hydrogen-bond donors (Lipinski definition) is 2. The lowest BCUT2D eigenvalue weighted by Gasteiger charge is -2.20. The molecule has 0 radical (unpaired) electrons. The third-order valence-corrected chi connectivity index (χ3v) is 3.28. The van der Waals surface area contributed by atoms with Crippen LogP contribution in [-0.2, 0) is 13.1 Å². The van der Waals surface area contributed by atoms with E-state index in [0.29, 0.717) is 0 Å². The van der Waals surface area contributed by atoms with Crippen LogP contribution in [0.5, 0.6) is 0 Å². The number of nitrogens with one attached hydrogen (secondary N) is 1. The van der Waals surface area contributed by atoms with Crippen molar-refractivity contribution in [2.45, 2.75) is 26.9 Å². The van der Waals surface area contributed by atoms with Gasteiger partial charge in [0.15, 0.2) is 0 Å². The summed E-state index contributed by atoms with van der Waals surface area (Å²) in [6, 6.07) is 9.83. The third-order valence-electron chi connectivity index (χ3n) is 3.28. The molecule has 1 heterocycles. The van der Waals surface area contributed by atoms with Crippen LogP contribution in [0, 0.1) is 12.3 Å². The molecule has 0 fully saturated rings. The van der Waals surface area contributed by atoms with Crippen LogP contribution in [0.4, 0.5) is 5.69 Å². The lowest BCUT2D eigenvalue weighted by Crippen LogP contribution is -2.20. The number of anilines is 1. The van der Waals surface area contributed by atoms with Gasteiger partial charge >= 0.3 is 0 Å². The van der Waals surface area contributed by atoms with Crippen LogP contribution in [-0.4, -0.2) is 22.7 Å². The fourth-order valence-corrected chi connectivity index (χ4v) is 2.25. The van der Waals surface area contributed by atoms with Crippen molar-refractivity contribution in [3.05, 3.63) is 47.3 Å². The predicted molar refractivity (Wildman–Crippen MR) is 82.2 cm³/mol. The number of aromatic nitrogens is 2. The Hall–Kier alpha value is -2.30. The Morgan fingerprint density at radius 1 is 1.40 bits per heavy atom. The summed E-state index contributed by atoms with van der Waals surface area (Å²) in [5.74, 6) is 0.0923. The lowest BCUT2D eigenvalue weighted by atomic mass is 10.1. The van der Waals surface area contributed by atoms with E-state index in [1.165, 1.54) is 5.69 Å². The van der Waals surface area contributed by atoms with E-state index in [1.54, 1.807) is 0 Å². The highest BCUT2D eigenvalue weighted by Gasteiger charge is 2.09. The summed E-state index contributed by atoms with van der Waals surface area (Å²) in [5, 5.41) is 12.0. The van der Waals surface area contributed by atoms with E-state index in [-0.39, 0.29) is 5.84 Å². The van der Waals surface area contributed by atoms with Crippen molar-refractivity contribution < 1.29 is 0 Å². The largest absolute Gasteiger partial charge is 0.384 e. The van der Waals surface area contributed by atoms with E-state index in [9.17, 15) is 0 Å². The minimum absolute atomic E-state index is 0.0923. The highest BCUT2D eigenvalue weighted by atomic mass is 15.3. The Bertz CT molecular complexity index is 614. The molecular weight excluding hydrogens is 250 g/mol. The van der Waals surface area contributed by atoms with E-state index in [4.69, 9.17) is 11.1 Å². The molecule has 2 rings (SSSR count). The van der Waals surface area contributed by atoms with Crippen LogP contribution in [0.1, 0.15) is 23.9 Å². The molecule has 1 aromatic carbocycles. The van der Waals surface area contributed by atoms with Gasteiger partial charge in [-0.3, -0.25) is 10.1 Å². The molecule has 1 aromatic heterocycles. The van der Waals surface area contributed by atoms with Crippen molar-refractivity contribution >= 4 is 11.5 Å². The number of hydrogen-bond acceptors (Lipinski definition) is 3. The molecule has 0 unspecified atom stereocenters. The fourth-order valence-electron chi connectivity index (χ4n) is 2.25. The second-order valence-electron chi connectivity index (χ2n) is 4.91. The monoisotopic (exact) mass is 271 g/mol. The number of nitrogens with two attached hydrogens (primary N) is 1. The van der Waals surface area contributed by atoms with Crippen LogP contribution >= 0.6 is 0 Å². The zero-order valence-electron chi connectivity index (χ0n) is 12.2. The first-order chi connectivity index (χ1) is 9.51. The summed E-state index contributed by atoms with van der Waals surface area (Å²) in [6.45, 7) is 5.74. The van der Waals surface area contributed by atoms with Gasteiger partial charge in [-0.25, -0.2) is 0 Å². The number of amidine groups is 1. The maximum atomic E-state index is 7.51. The van der Waals surface area contributed by atoms with E-state index < -0.39 is 0 Å². The van der Waals surface area contributed by atoms with Gasteiger partial charge in [0.25, 0.3) is 0 Å². The van der Waals surface area contributed by atoms with E-state index in [0.717, 1.165) is 30.0 Å². The molecule has 0 saturated heterocycles. The summed E-state index contributed by atoms with van der Waals surface area (Å²) < 4.78 is 2.01. The van der Waals surface area contributed by atoms with Gasteiger partial charge in [0.05, 0.1) is 17.9 Å². The van der Waals surface area contributed by atoms with Crippen LogP contribution in [0.25, 0.3) is 0 Å². The van der Waals surface area contributed by atoms with Gasteiger partial charge in [0, 0.05) is 24.8 Å². The summed E-state index contributed by atoms with van der Waals surface area (Å²) in [7, 11) is 2.03. The SMILES string of the molecule is CCn1nc(C)cc1CN(C)c1cccc(C(=N)N)c1. The van der Waals surface area contributed by atoms with Gasteiger partial charge in [-0.05, 0) is 32.0 Å². The van der Waals surface area contributed by atoms with E-state index in [2.05, 4.69) is 23.0 Å². The second kappa shape index (κ2) is 5.77. The zero-order valence-corrected chi connectivity index (χ0v) is 12.2. The molecule has 5 nitrogen and oxygen atoms in total. The fraction of sp³-hybridized carbons (Fsp3) is 0.333. The molecule has 0 aliphatic carbocycles. The molecule has 5 heteroatoms. The first-order valence-electron chi connectivity index (χ1n) is 6.70. The second-order valence-corrected chi connectivity index (χ2v) is 4.91. The smallest absolute Gasteiger partial charge is 0.122 e. The minimum Gasteiger partial charge on any atom is -0.384 e. The molecule has 0 amide bonds. The Balaban J connectivity index is 2.21. The number of aryl methyl sites for hydroxylation is 2. The maximum absolute atomic E-state index is 7.51. The van der Waals surface area contributed by atoms with Gasteiger partial charge in [-0.15, -0.1) is 0 Å². The molecule has 0 aliphatic heterocycles. The molecular formula is C15H21N5. The number of nitrogens with zero attached hydrogens (tertiary/aromatic N) is 3.